The Kier molecular flexibility index (Phi) is 5.98. The van der Waals surface area contributed by atoms with Crippen molar-refractivity contribution in [2.24, 2.45) is 0 Å². The molecule has 2 aromatic rings. The standard InChI is InChI=1S/C18H22N2O2/c1-14(16-6-4-3-5-7-16)19-13-18(21)20-12-15-8-10-17(22-2)11-9-15/h3-11,14,19H,12-13H2,1-2H3,(H,20,21). The largest absolute Gasteiger partial charge is 0.497 e. The van der Waals surface area contributed by atoms with Gasteiger partial charge in [0.25, 0.3) is 0 Å². The van der Waals surface area contributed by atoms with Gasteiger partial charge in [0, 0.05) is 12.6 Å². The monoisotopic (exact) mass is 298 g/mol. The maximum atomic E-state index is 11.9. The normalized spacial score (nSPS) is 11.7. The molecule has 0 aliphatic heterocycles. The van der Waals surface area contributed by atoms with Gasteiger partial charge in [0.1, 0.15) is 5.75 Å². The molecule has 1 amide bonds. The highest BCUT2D eigenvalue weighted by molar-refractivity contribution is 5.78. The molecule has 0 radical (unpaired) electrons. The second kappa shape index (κ2) is 8.20. The van der Waals surface area contributed by atoms with Gasteiger partial charge >= 0.3 is 0 Å². The fraction of sp³-hybridized carbons (Fsp3) is 0.278. The van der Waals surface area contributed by atoms with Crippen LogP contribution in [0.5, 0.6) is 5.75 Å². The van der Waals surface area contributed by atoms with Gasteiger partial charge in [0.15, 0.2) is 0 Å². The Morgan fingerprint density at radius 2 is 1.77 bits per heavy atom. The van der Waals surface area contributed by atoms with E-state index in [0.29, 0.717) is 13.1 Å². The van der Waals surface area contributed by atoms with E-state index >= 15 is 0 Å². The Morgan fingerprint density at radius 3 is 2.41 bits per heavy atom. The highest BCUT2D eigenvalue weighted by Gasteiger charge is 2.07. The van der Waals surface area contributed by atoms with Crippen LogP contribution in [-0.2, 0) is 11.3 Å². The van der Waals surface area contributed by atoms with Crippen LogP contribution in [0, 0.1) is 0 Å². The van der Waals surface area contributed by atoms with Crippen LogP contribution in [0.1, 0.15) is 24.1 Å². The number of nitrogens with one attached hydrogen (secondary N) is 2. The summed E-state index contributed by atoms with van der Waals surface area (Å²) in [6.45, 7) is 2.86. The molecule has 0 heterocycles. The lowest BCUT2D eigenvalue weighted by molar-refractivity contribution is -0.120. The molecule has 0 bridgehead atoms. The third-order valence-corrected chi connectivity index (χ3v) is 3.52. The molecule has 22 heavy (non-hydrogen) atoms. The number of methoxy groups -OCH3 is 1. The van der Waals surface area contributed by atoms with Gasteiger partial charge in [0.2, 0.25) is 5.91 Å². The summed E-state index contributed by atoms with van der Waals surface area (Å²) >= 11 is 0. The van der Waals surface area contributed by atoms with Crippen molar-refractivity contribution < 1.29 is 9.53 Å². The van der Waals surface area contributed by atoms with Gasteiger partial charge in [-0.1, -0.05) is 42.5 Å². The van der Waals surface area contributed by atoms with E-state index in [1.807, 2.05) is 61.5 Å². The lowest BCUT2D eigenvalue weighted by Crippen LogP contribution is -2.34. The first-order valence-electron chi connectivity index (χ1n) is 7.37. The maximum Gasteiger partial charge on any atom is 0.234 e. The molecule has 0 saturated heterocycles. The molecular weight excluding hydrogens is 276 g/mol. The number of ether oxygens (including phenoxy) is 1. The van der Waals surface area contributed by atoms with Gasteiger partial charge in [0.05, 0.1) is 13.7 Å². The smallest absolute Gasteiger partial charge is 0.234 e. The van der Waals surface area contributed by atoms with E-state index in [9.17, 15) is 4.79 Å². The van der Waals surface area contributed by atoms with Gasteiger partial charge in [-0.05, 0) is 30.2 Å². The second-order valence-electron chi connectivity index (χ2n) is 5.14. The van der Waals surface area contributed by atoms with E-state index in [1.54, 1.807) is 7.11 Å². The number of amides is 1. The van der Waals surface area contributed by atoms with Crippen molar-refractivity contribution in [2.45, 2.75) is 19.5 Å². The zero-order valence-electron chi connectivity index (χ0n) is 13.0. The second-order valence-corrected chi connectivity index (χ2v) is 5.14. The van der Waals surface area contributed by atoms with Crippen molar-refractivity contribution in [3.05, 3.63) is 65.7 Å². The van der Waals surface area contributed by atoms with Crippen molar-refractivity contribution in [3.63, 3.8) is 0 Å². The minimum atomic E-state index is -0.0152. The van der Waals surface area contributed by atoms with E-state index < -0.39 is 0 Å². The number of carbonyl (C=O) groups is 1. The molecule has 0 aromatic heterocycles. The molecule has 116 valence electrons. The SMILES string of the molecule is COc1ccc(CNC(=O)CNC(C)c2ccccc2)cc1. The van der Waals surface area contributed by atoms with Gasteiger partial charge < -0.3 is 15.4 Å². The van der Waals surface area contributed by atoms with E-state index in [4.69, 9.17) is 4.74 Å². The van der Waals surface area contributed by atoms with Crippen LogP contribution < -0.4 is 15.4 Å². The first-order valence-corrected chi connectivity index (χ1v) is 7.37. The van der Waals surface area contributed by atoms with Crippen LogP contribution in [0.25, 0.3) is 0 Å². The third kappa shape index (κ3) is 4.90. The molecule has 2 N–H and O–H groups in total. The Hall–Kier alpha value is -2.33. The van der Waals surface area contributed by atoms with Crippen LogP contribution in [0.15, 0.2) is 54.6 Å². The first kappa shape index (κ1) is 16.0. The number of hydrogen-bond donors (Lipinski definition) is 2. The minimum absolute atomic E-state index is 0.0152. The van der Waals surface area contributed by atoms with E-state index in [1.165, 1.54) is 5.56 Å². The van der Waals surface area contributed by atoms with Crippen LogP contribution in [0.4, 0.5) is 0 Å². The number of carbonyl (C=O) groups excluding carboxylic acids is 1. The zero-order chi connectivity index (χ0) is 15.8. The Bertz CT molecular complexity index is 582. The third-order valence-electron chi connectivity index (χ3n) is 3.52. The predicted octanol–water partition coefficient (Wildman–Crippen LogP) is 2.66. The van der Waals surface area contributed by atoms with E-state index in [-0.39, 0.29) is 11.9 Å². The van der Waals surface area contributed by atoms with E-state index in [2.05, 4.69) is 10.6 Å². The predicted molar refractivity (Wildman–Crippen MR) is 87.7 cm³/mol. The molecule has 0 aliphatic rings. The average Bonchev–Trinajstić information content (AvgIpc) is 2.59. The molecule has 1 unspecified atom stereocenters. The van der Waals surface area contributed by atoms with Crippen LogP contribution in [0.2, 0.25) is 0 Å². The van der Waals surface area contributed by atoms with Gasteiger partial charge in [-0.2, -0.15) is 0 Å². The molecular formula is C18H22N2O2. The lowest BCUT2D eigenvalue weighted by Gasteiger charge is -2.14. The Morgan fingerprint density at radius 1 is 1.09 bits per heavy atom. The number of benzene rings is 2. The van der Waals surface area contributed by atoms with Crippen molar-refractivity contribution in [1.82, 2.24) is 10.6 Å². The summed E-state index contributed by atoms with van der Waals surface area (Å²) in [5, 5.41) is 6.12. The summed E-state index contributed by atoms with van der Waals surface area (Å²) in [5.41, 5.74) is 2.22. The Balaban J connectivity index is 1.73. The summed E-state index contributed by atoms with van der Waals surface area (Å²) < 4.78 is 5.10. The van der Waals surface area contributed by atoms with Crippen molar-refractivity contribution in [3.8, 4) is 5.75 Å². The molecule has 4 heteroatoms. The van der Waals surface area contributed by atoms with Crippen molar-refractivity contribution in [1.29, 1.82) is 0 Å². The maximum absolute atomic E-state index is 11.9. The summed E-state index contributed by atoms with van der Waals surface area (Å²) in [5.74, 6) is 0.798. The van der Waals surface area contributed by atoms with Crippen molar-refractivity contribution >= 4 is 5.91 Å². The molecule has 0 aliphatic carbocycles. The highest BCUT2D eigenvalue weighted by atomic mass is 16.5. The number of hydrogen-bond acceptors (Lipinski definition) is 3. The molecule has 4 nitrogen and oxygen atoms in total. The van der Waals surface area contributed by atoms with Crippen molar-refractivity contribution in [2.75, 3.05) is 13.7 Å². The van der Waals surface area contributed by atoms with Crippen LogP contribution in [0.3, 0.4) is 0 Å². The van der Waals surface area contributed by atoms with E-state index in [0.717, 1.165) is 11.3 Å². The summed E-state index contributed by atoms with van der Waals surface area (Å²) in [6.07, 6.45) is 0. The summed E-state index contributed by atoms with van der Waals surface area (Å²) in [7, 11) is 1.64. The minimum Gasteiger partial charge on any atom is -0.497 e. The molecule has 2 aromatic carbocycles. The fourth-order valence-corrected chi connectivity index (χ4v) is 2.11. The molecule has 0 spiro atoms. The topological polar surface area (TPSA) is 50.4 Å². The van der Waals surface area contributed by atoms with Gasteiger partial charge in [-0.25, -0.2) is 0 Å². The van der Waals surface area contributed by atoms with Crippen LogP contribution >= 0.6 is 0 Å². The number of rotatable bonds is 7. The van der Waals surface area contributed by atoms with Crippen LogP contribution in [-0.4, -0.2) is 19.6 Å². The van der Waals surface area contributed by atoms with Gasteiger partial charge in [-0.3, -0.25) is 4.79 Å². The molecule has 0 fully saturated rings. The first-order chi connectivity index (χ1) is 10.7. The lowest BCUT2D eigenvalue weighted by atomic mass is 10.1. The quantitative estimate of drug-likeness (QED) is 0.826. The Labute approximate surface area is 131 Å². The van der Waals surface area contributed by atoms with Gasteiger partial charge in [-0.15, -0.1) is 0 Å². The fourth-order valence-electron chi connectivity index (χ4n) is 2.11. The highest BCUT2D eigenvalue weighted by Crippen LogP contribution is 2.11. The zero-order valence-corrected chi connectivity index (χ0v) is 13.0. The summed E-state index contributed by atoms with van der Waals surface area (Å²) in [4.78, 5) is 11.9. The molecule has 0 saturated carbocycles. The molecule has 1 atom stereocenters. The molecule has 2 rings (SSSR count). The average molecular weight is 298 g/mol. The summed E-state index contributed by atoms with van der Waals surface area (Å²) in [6, 6.07) is 17.9.